The Morgan fingerprint density at radius 2 is 2.26 bits per heavy atom. The molecule has 19 heavy (non-hydrogen) atoms. The summed E-state index contributed by atoms with van der Waals surface area (Å²) in [6.07, 6.45) is 4.13. The first-order valence-electron chi connectivity index (χ1n) is 7.14. The third kappa shape index (κ3) is 2.66. The van der Waals surface area contributed by atoms with Crippen molar-refractivity contribution < 1.29 is 4.79 Å². The highest BCUT2D eigenvalue weighted by Crippen LogP contribution is 2.32. The van der Waals surface area contributed by atoms with Crippen LogP contribution in [0.4, 0.5) is 0 Å². The summed E-state index contributed by atoms with van der Waals surface area (Å²) < 4.78 is 1.98. The van der Waals surface area contributed by atoms with Crippen molar-refractivity contribution in [3.8, 4) is 0 Å². The van der Waals surface area contributed by atoms with Gasteiger partial charge in [-0.05, 0) is 32.8 Å². The van der Waals surface area contributed by atoms with Crippen LogP contribution in [-0.4, -0.2) is 32.7 Å². The van der Waals surface area contributed by atoms with Gasteiger partial charge in [-0.3, -0.25) is 9.48 Å². The van der Waals surface area contributed by atoms with Crippen LogP contribution < -0.4 is 5.73 Å². The van der Waals surface area contributed by atoms with Gasteiger partial charge in [0.1, 0.15) is 0 Å². The van der Waals surface area contributed by atoms with E-state index in [9.17, 15) is 4.79 Å². The Hall–Kier alpha value is -1.36. The molecule has 1 fully saturated rings. The fourth-order valence-corrected chi connectivity index (χ4v) is 2.90. The molecule has 0 radical (unpaired) electrons. The fraction of sp³-hybridized carbons (Fsp3) is 0.714. The summed E-state index contributed by atoms with van der Waals surface area (Å²) in [6.45, 7) is 7.08. The zero-order chi connectivity index (χ0) is 14.0. The summed E-state index contributed by atoms with van der Waals surface area (Å²) in [5, 5.41) is 4.36. The van der Waals surface area contributed by atoms with E-state index in [1.165, 1.54) is 0 Å². The Balaban J connectivity index is 2.36. The monoisotopic (exact) mass is 264 g/mol. The fourth-order valence-electron chi connectivity index (χ4n) is 2.90. The zero-order valence-corrected chi connectivity index (χ0v) is 12.0. The molecule has 106 valence electrons. The molecule has 1 amide bonds. The molecule has 2 heterocycles. The SMILES string of the molecule is CCCn1nccc1C1C(N)CCC(=O)N1C(C)C. The van der Waals surface area contributed by atoms with E-state index < -0.39 is 0 Å². The third-order valence-electron chi connectivity index (χ3n) is 3.73. The van der Waals surface area contributed by atoms with E-state index in [2.05, 4.69) is 12.0 Å². The number of hydrogen-bond acceptors (Lipinski definition) is 3. The largest absolute Gasteiger partial charge is 0.330 e. The topological polar surface area (TPSA) is 64.2 Å². The number of piperidine rings is 1. The lowest BCUT2D eigenvalue weighted by Gasteiger charge is -2.42. The predicted octanol–water partition coefficient (Wildman–Crippen LogP) is 1.69. The van der Waals surface area contributed by atoms with Crippen molar-refractivity contribution in [1.82, 2.24) is 14.7 Å². The first kappa shape index (κ1) is 14.1. The molecule has 1 aliphatic heterocycles. The second-order valence-electron chi connectivity index (χ2n) is 5.52. The summed E-state index contributed by atoms with van der Waals surface area (Å²) in [4.78, 5) is 14.1. The molecule has 0 aliphatic carbocycles. The summed E-state index contributed by atoms with van der Waals surface area (Å²) in [6, 6.07) is 2.10. The van der Waals surface area contributed by atoms with Crippen LogP contribution in [0.3, 0.4) is 0 Å². The van der Waals surface area contributed by atoms with Crippen LogP contribution >= 0.6 is 0 Å². The molecule has 0 spiro atoms. The number of amides is 1. The molecule has 1 aliphatic rings. The Bertz CT molecular complexity index is 440. The number of nitrogens with two attached hydrogens (primary N) is 1. The molecule has 0 saturated carbocycles. The van der Waals surface area contributed by atoms with Crippen LogP contribution in [0.15, 0.2) is 12.3 Å². The number of carbonyl (C=O) groups is 1. The van der Waals surface area contributed by atoms with Crippen LogP contribution in [0.2, 0.25) is 0 Å². The van der Waals surface area contributed by atoms with Crippen molar-refractivity contribution in [2.24, 2.45) is 5.73 Å². The first-order chi connectivity index (χ1) is 9.06. The van der Waals surface area contributed by atoms with Gasteiger partial charge in [0.25, 0.3) is 0 Å². The van der Waals surface area contributed by atoms with Gasteiger partial charge in [-0.2, -0.15) is 5.10 Å². The molecule has 1 aromatic rings. The van der Waals surface area contributed by atoms with Crippen molar-refractivity contribution in [3.63, 3.8) is 0 Å². The average molecular weight is 264 g/mol. The molecule has 1 saturated heterocycles. The zero-order valence-electron chi connectivity index (χ0n) is 12.0. The first-order valence-corrected chi connectivity index (χ1v) is 7.14. The molecule has 2 unspecified atom stereocenters. The molecule has 0 bridgehead atoms. The van der Waals surface area contributed by atoms with Crippen molar-refractivity contribution >= 4 is 5.91 Å². The smallest absolute Gasteiger partial charge is 0.223 e. The molecular formula is C14H24N4O. The highest BCUT2D eigenvalue weighted by molar-refractivity contribution is 5.78. The van der Waals surface area contributed by atoms with Gasteiger partial charge in [0.05, 0.1) is 11.7 Å². The van der Waals surface area contributed by atoms with Crippen molar-refractivity contribution in [3.05, 3.63) is 18.0 Å². The average Bonchev–Trinajstić information content (AvgIpc) is 2.80. The van der Waals surface area contributed by atoms with Crippen molar-refractivity contribution in [2.45, 2.75) is 64.7 Å². The van der Waals surface area contributed by atoms with Crippen LogP contribution in [0.5, 0.6) is 0 Å². The molecule has 2 rings (SSSR count). The minimum absolute atomic E-state index is 0.00703. The van der Waals surface area contributed by atoms with Crippen LogP contribution in [0.1, 0.15) is 51.8 Å². The summed E-state index contributed by atoms with van der Waals surface area (Å²) in [5.41, 5.74) is 7.36. The maximum atomic E-state index is 12.2. The van der Waals surface area contributed by atoms with E-state index >= 15 is 0 Å². The Morgan fingerprint density at radius 1 is 1.53 bits per heavy atom. The van der Waals surface area contributed by atoms with E-state index in [1.54, 1.807) is 6.20 Å². The lowest BCUT2D eigenvalue weighted by atomic mass is 9.92. The maximum Gasteiger partial charge on any atom is 0.223 e. The Labute approximate surface area is 114 Å². The van der Waals surface area contributed by atoms with E-state index in [0.717, 1.165) is 25.1 Å². The normalized spacial score (nSPS) is 24.3. The Morgan fingerprint density at radius 3 is 2.89 bits per heavy atom. The van der Waals surface area contributed by atoms with Crippen molar-refractivity contribution in [2.75, 3.05) is 0 Å². The molecule has 1 aromatic heterocycles. The van der Waals surface area contributed by atoms with Gasteiger partial charge in [-0.1, -0.05) is 6.92 Å². The van der Waals surface area contributed by atoms with E-state index in [0.29, 0.717) is 6.42 Å². The van der Waals surface area contributed by atoms with Crippen LogP contribution in [0, 0.1) is 0 Å². The second-order valence-corrected chi connectivity index (χ2v) is 5.52. The minimum atomic E-state index is -0.0460. The lowest BCUT2D eigenvalue weighted by Crippen LogP contribution is -2.52. The van der Waals surface area contributed by atoms with Gasteiger partial charge in [0.2, 0.25) is 5.91 Å². The molecule has 0 aromatic carbocycles. The number of aromatic nitrogens is 2. The Kier molecular flexibility index (Phi) is 4.24. The predicted molar refractivity (Wildman–Crippen MR) is 74.5 cm³/mol. The number of nitrogens with zero attached hydrogens (tertiary/aromatic N) is 3. The number of hydrogen-bond donors (Lipinski definition) is 1. The van der Waals surface area contributed by atoms with E-state index in [4.69, 9.17) is 5.73 Å². The lowest BCUT2D eigenvalue weighted by molar-refractivity contribution is -0.139. The van der Waals surface area contributed by atoms with Gasteiger partial charge in [-0.25, -0.2) is 0 Å². The molecule has 2 atom stereocenters. The molecule has 5 nitrogen and oxygen atoms in total. The standard InChI is InChI=1S/C14H24N4O/c1-4-9-17-12(7-8-16-17)14-11(15)5-6-13(19)18(14)10(2)3/h7-8,10-11,14H,4-6,9,15H2,1-3H3. The second kappa shape index (κ2) is 5.74. The highest BCUT2D eigenvalue weighted by Gasteiger charge is 2.37. The minimum Gasteiger partial charge on any atom is -0.330 e. The van der Waals surface area contributed by atoms with Crippen LogP contribution in [-0.2, 0) is 11.3 Å². The van der Waals surface area contributed by atoms with Gasteiger partial charge in [-0.15, -0.1) is 0 Å². The quantitative estimate of drug-likeness (QED) is 0.900. The maximum absolute atomic E-state index is 12.2. The summed E-state index contributed by atoms with van der Waals surface area (Å²) in [7, 11) is 0. The number of carbonyl (C=O) groups excluding carboxylic acids is 1. The van der Waals surface area contributed by atoms with Gasteiger partial charge in [0.15, 0.2) is 0 Å². The van der Waals surface area contributed by atoms with Gasteiger partial charge >= 0.3 is 0 Å². The molecule has 5 heteroatoms. The van der Waals surface area contributed by atoms with Crippen molar-refractivity contribution in [1.29, 1.82) is 0 Å². The third-order valence-corrected chi connectivity index (χ3v) is 3.73. The number of aryl methyl sites for hydroxylation is 1. The summed E-state index contributed by atoms with van der Waals surface area (Å²) in [5.74, 6) is 0.200. The van der Waals surface area contributed by atoms with E-state index in [1.807, 2.05) is 29.5 Å². The van der Waals surface area contributed by atoms with Crippen LogP contribution in [0.25, 0.3) is 0 Å². The molecule has 2 N–H and O–H groups in total. The molecular weight excluding hydrogens is 240 g/mol. The number of likely N-dealkylation sites (tertiary alicyclic amines) is 1. The van der Waals surface area contributed by atoms with Gasteiger partial charge in [0, 0.05) is 31.2 Å². The highest BCUT2D eigenvalue weighted by atomic mass is 16.2. The summed E-state index contributed by atoms with van der Waals surface area (Å²) >= 11 is 0. The van der Waals surface area contributed by atoms with Gasteiger partial charge < -0.3 is 10.6 Å². The van der Waals surface area contributed by atoms with E-state index in [-0.39, 0.29) is 24.0 Å². The number of rotatable bonds is 4.